The Morgan fingerprint density at radius 3 is 2.62 bits per heavy atom. The predicted molar refractivity (Wildman–Crippen MR) is 83.5 cm³/mol. The molecular weight excluding hydrogens is 262 g/mol. The van der Waals surface area contributed by atoms with Crippen LogP contribution in [0.15, 0.2) is 24.3 Å². The molecule has 1 heterocycles. The second-order valence-corrected chi connectivity index (χ2v) is 6.21. The Balaban J connectivity index is 1.91. The van der Waals surface area contributed by atoms with Gasteiger partial charge in [0.15, 0.2) is 0 Å². The number of para-hydroxylation sites is 1. The third-order valence-electron chi connectivity index (χ3n) is 4.87. The summed E-state index contributed by atoms with van der Waals surface area (Å²) in [7, 11) is 0. The van der Waals surface area contributed by atoms with E-state index >= 15 is 0 Å². The molecule has 3 rings (SSSR count). The van der Waals surface area contributed by atoms with Crippen molar-refractivity contribution in [3.05, 3.63) is 29.8 Å². The fraction of sp³-hybridized carbons (Fsp3) is 0.556. The SMILES string of the molecule is CCC(=O)CC1C(=O)N(C2CCCCC2)c2ccccc21. The van der Waals surface area contributed by atoms with Crippen LogP contribution in [0.2, 0.25) is 0 Å². The molecule has 1 aliphatic carbocycles. The van der Waals surface area contributed by atoms with Gasteiger partial charge in [-0.2, -0.15) is 0 Å². The first-order valence-corrected chi connectivity index (χ1v) is 8.16. The van der Waals surface area contributed by atoms with Gasteiger partial charge in [0.25, 0.3) is 0 Å². The van der Waals surface area contributed by atoms with Crippen LogP contribution in [-0.4, -0.2) is 17.7 Å². The fourth-order valence-corrected chi connectivity index (χ4v) is 3.71. The van der Waals surface area contributed by atoms with Gasteiger partial charge in [0, 0.05) is 24.6 Å². The highest BCUT2D eigenvalue weighted by Crippen LogP contribution is 2.42. The van der Waals surface area contributed by atoms with E-state index in [9.17, 15) is 9.59 Å². The van der Waals surface area contributed by atoms with Crippen molar-refractivity contribution in [2.45, 2.75) is 63.8 Å². The lowest BCUT2D eigenvalue weighted by atomic mass is 9.93. The average molecular weight is 285 g/mol. The van der Waals surface area contributed by atoms with E-state index in [0.29, 0.717) is 18.9 Å². The van der Waals surface area contributed by atoms with E-state index in [1.165, 1.54) is 19.3 Å². The summed E-state index contributed by atoms with van der Waals surface area (Å²) in [5.74, 6) is 0.0640. The molecule has 2 aliphatic rings. The number of carbonyl (C=O) groups excluding carboxylic acids is 2. The van der Waals surface area contributed by atoms with Crippen LogP contribution in [-0.2, 0) is 9.59 Å². The first-order valence-electron chi connectivity index (χ1n) is 8.16. The third-order valence-corrected chi connectivity index (χ3v) is 4.87. The standard InChI is InChI=1S/C18H23NO2/c1-2-14(20)12-16-15-10-6-7-11-17(15)19(18(16)21)13-8-4-3-5-9-13/h6-7,10-11,13,16H,2-5,8-9,12H2,1H3. The minimum Gasteiger partial charge on any atom is -0.309 e. The highest BCUT2D eigenvalue weighted by atomic mass is 16.2. The predicted octanol–water partition coefficient (Wildman–Crippen LogP) is 3.82. The number of benzene rings is 1. The lowest BCUT2D eigenvalue weighted by molar-refractivity contribution is -0.125. The van der Waals surface area contributed by atoms with Crippen molar-refractivity contribution < 1.29 is 9.59 Å². The molecule has 1 atom stereocenters. The third kappa shape index (κ3) is 2.61. The van der Waals surface area contributed by atoms with Gasteiger partial charge in [-0.05, 0) is 24.5 Å². The number of Topliss-reactive ketones (excluding diaryl/α,β-unsaturated/α-hetero) is 1. The second-order valence-electron chi connectivity index (χ2n) is 6.21. The van der Waals surface area contributed by atoms with Crippen molar-refractivity contribution in [3.63, 3.8) is 0 Å². The van der Waals surface area contributed by atoms with Crippen molar-refractivity contribution >= 4 is 17.4 Å². The maximum absolute atomic E-state index is 12.9. The number of fused-ring (bicyclic) bond motifs is 1. The van der Waals surface area contributed by atoms with Gasteiger partial charge < -0.3 is 4.90 Å². The number of rotatable bonds is 4. The normalized spacial score (nSPS) is 22.4. The van der Waals surface area contributed by atoms with E-state index < -0.39 is 0 Å². The van der Waals surface area contributed by atoms with Gasteiger partial charge in [0.2, 0.25) is 5.91 Å². The van der Waals surface area contributed by atoms with Crippen LogP contribution in [0.1, 0.15) is 63.4 Å². The van der Waals surface area contributed by atoms with Crippen molar-refractivity contribution in [2.75, 3.05) is 4.90 Å². The molecule has 0 saturated heterocycles. The maximum atomic E-state index is 12.9. The molecule has 0 bridgehead atoms. The second kappa shape index (κ2) is 6.00. The molecule has 1 aliphatic heterocycles. The topological polar surface area (TPSA) is 37.4 Å². The number of hydrogen-bond donors (Lipinski definition) is 0. The molecule has 21 heavy (non-hydrogen) atoms. The van der Waals surface area contributed by atoms with E-state index in [-0.39, 0.29) is 17.6 Å². The molecule has 3 nitrogen and oxygen atoms in total. The zero-order valence-electron chi connectivity index (χ0n) is 12.7. The van der Waals surface area contributed by atoms with Crippen molar-refractivity contribution in [3.8, 4) is 0 Å². The van der Waals surface area contributed by atoms with Crippen LogP contribution in [0.3, 0.4) is 0 Å². The molecule has 1 aromatic rings. The summed E-state index contributed by atoms with van der Waals surface area (Å²) in [6, 6.07) is 8.35. The summed E-state index contributed by atoms with van der Waals surface area (Å²) in [4.78, 5) is 26.7. The quantitative estimate of drug-likeness (QED) is 0.843. The Labute approximate surface area is 126 Å². The van der Waals surface area contributed by atoms with Gasteiger partial charge in [0.1, 0.15) is 5.78 Å². The van der Waals surface area contributed by atoms with E-state index in [1.807, 2.05) is 36.1 Å². The number of carbonyl (C=O) groups is 2. The van der Waals surface area contributed by atoms with Gasteiger partial charge in [-0.3, -0.25) is 9.59 Å². The molecular formula is C18H23NO2. The molecule has 1 saturated carbocycles. The Hall–Kier alpha value is -1.64. The molecule has 1 aromatic carbocycles. The van der Waals surface area contributed by atoms with Gasteiger partial charge in [0.05, 0.1) is 5.92 Å². The lowest BCUT2D eigenvalue weighted by Crippen LogP contribution is -2.40. The minimum atomic E-state index is -0.254. The number of amides is 1. The Kier molecular flexibility index (Phi) is 4.09. The minimum absolute atomic E-state index is 0.143. The van der Waals surface area contributed by atoms with Gasteiger partial charge in [-0.25, -0.2) is 0 Å². The fourth-order valence-electron chi connectivity index (χ4n) is 3.71. The molecule has 1 amide bonds. The van der Waals surface area contributed by atoms with Crippen LogP contribution in [0, 0.1) is 0 Å². The van der Waals surface area contributed by atoms with E-state index in [1.54, 1.807) is 0 Å². The summed E-state index contributed by atoms with van der Waals surface area (Å²) in [5, 5.41) is 0. The van der Waals surface area contributed by atoms with Crippen molar-refractivity contribution in [1.29, 1.82) is 0 Å². The van der Waals surface area contributed by atoms with Crippen LogP contribution in [0.25, 0.3) is 0 Å². The first-order chi connectivity index (χ1) is 10.2. The molecule has 1 fully saturated rings. The van der Waals surface area contributed by atoms with E-state index in [0.717, 1.165) is 24.1 Å². The summed E-state index contributed by atoms with van der Waals surface area (Å²) < 4.78 is 0. The number of nitrogens with zero attached hydrogens (tertiary/aromatic N) is 1. The smallest absolute Gasteiger partial charge is 0.235 e. The van der Waals surface area contributed by atoms with Gasteiger partial charge in [-0.1, -0.05) is 44.4 Å². The molecule has 1 unspecified atom stereocenters. The molecule has 112 valence electrons. The average Bonchev–Trinajstić information content (AvgIpc) is 2.80. The highest BCUT2D eigenvalue weighted by Gasteiger charge is 2.41. The first kappa shape index (κ1) is 14.3. The van der Waals surface area contributed by atoms with E-state index in [2.05, 4.69) is 0 Å². The Morgan fingerprint density at radius 1 is 1.19 bits per heavy atom. The monoisotopic (exact) mass is 285 g/mol. The summed E-state index contributed by atoms with van der Waals surface area (Å²) >= 11 is 0. The van der Waals surface area contributed by atoms with Crippen LogP contribution >= 0.6 is 0 Å². The maximum Gasteiger partial charge on any atom is 0.235 e. The van der Waals surface area contributed by atoms with Crippen LogP contribution in [0.4, 0.5) is 5.69 Å². The highest BCUT2D eigenvalue weighted by molar-refractivity contribution is 6.07. The summed E-state index contributed by atoms with van der Waals surface area (Å²) in [5.41, 5.74) is 2.10. The van der Waals surface area contributed by atoms with Crippen molar-refractivity contribution in [2.24, 2.45) is 0 Å². The number of hydrogen-bond acceptors (Lipinski definition) is 2. The molecule has 0 radical (unpaired) electrons. The van der Waals surface area contributed by atoms with Crippen molar-refractivity contribution in [1.82, 2.24) is 0 Å². The summed E-state index contributed by atoms with van der Waals surface area (Å²) in [6.07, 6.45) is 6.73. The number of anilines is 1. The van der Waals surface area contributed by atoms with Crippen LogP contribution in [0.5, 0.6) is 0 Å². The Bertz CT molecular complexity index is 546. The van der Waals surface area contributed by atoms with Gasteiger partial charge in [-0.15, -0.1) is 0 Å². The molecule has 0 aromatic heterocycles. The molecule has 0 spiro atoms. The largest absolute Gasteiger partial charge is 0.309 e. The zero-order chi connectivity index (χ0) is 14.8. The molecule has 3 heteroatoms. The van der Waals surface area contributed by atoms with E-state index in [4.69, 9.17) is 0 Å². The lowest BCUT2D eigenvalue weighted by Gasteiger charge is -2.32. The number of ketones is 1. The summed E-state index contributed by atoms with van der Waals surface area (Å²) in [6.45, 7) is 1.87. The van der Waals surface area contributed by atoms with Crippen LogP contribution < -0.4 is 4.90 Å². The Morgan fingerprint density at radius 2 is 1.90 bits per heavy atom. The van der Waals surface area contributed by atoms with Gasteiger partial charge >= 0.3 is 0 Å². The zero-order valence-corrected chi connectivity index (χ0v) is 12.7. The molecule has 0 N–H and O–H groups in total.